The predicted octanol–water partition coefficient (Wildman–Crippen LogP) is 3.96. The topological polar surface area (TPSA) is 42.7 Å². The highest BCUT2D eigenvalue weighted by Gasteiger charge is 2.33. The third-order valence-electron chi connectivity index (χ3n) is 2.93. The summed E-state index contributed by atoms with van der Waals surface area (Å²) in [7, 11) is 0. The summed E-state index contributed by atoms with van der Waals surface area (Å²) < 4.78 is 39.2. The number of nitrogens with zero attached hydrogens (tertiary/aromatic N) is 3. The van der Waals surface area contributed by atoms with Gasteiger partial charge in [-0.05, 0) is 23.8 Å². The molecule has 4 nitrogen and oxygen atoms in total. The van der Waals surface area contributed by atoms with Gasteiger partial charge in [0, 0.05) is 18.9 Å². The van der Waals surface area contributed by atoms with Crippen molar-refractivity contribution in [2.75, 3.05) is 5.32 Å². The molecular formula is C14H11F3N4S. The molecule has 0 fully saturated rings. The molecule has 0 atom stereocenters. The van der Waals surface area contributed by atoms with Crippen molar-refractivity contribution >= 4 is 16.5 Å². The first kappa shape index (κ1) is 14.6. The molecule has 8 heteroatoms. The summed E-state index contributed by atoms with van der Waals surface area (Å²) >= 11 is 0.599. The first-order chi connectivity index (χ1) is 10.5. The van der Waals surface area contributed by atoms with Gasteiger partial charge < -0.3 is 5.32 Å². The van der Waals surface area contributed by atoms with Gasteiger partial charge in [0.1, 0.15) is 4.88 Å². The van der Waals surface area contributed by atoms with E-state index in [1.807, 2.05) is 36.5 Å². The van der Waals surface area contributed by atoms with Crippen molar-refractivity contribution in [2.24, 2.45) is 0 Å². The van der Waals surface area contributed by atoms with Crippen LogP contribution in [0.2, 0.25) is 0 Å². The molecule has 1 aromatic carbocycles. The number of alkyl halides is 3. The van der Waals surface area contributed by atoms with Gasteiger partial charge >= 0.3 is 6.18 Å². The highest BCUT2D eigenvalue weighted by Crippen LogP contribution is 2.35. The Labute approximate surface area is 128 Å². The van der Waals surface area contributed by atoms with Gasteiger partial charge in [0.25, 0.3) is 0 Å². The molecule has 0 aliphatic heterocycles. The first-order valence-electron chi connectivity index (χ1n) is 6.38. The van der Waals surface area contributed by atoms with E-state index >= 15 is 0 Å². The van der Waals surface area contributed by atoms with Gasteiger partial charge in [0.05, 0.1) is 11.9 Å². The molecule has 114 valence electrons. The average molecular weight is 324 g/mol. The number of aromatic nitrogens is 3. The van der Waals surface area contributed by atoms with Gasteiger partial charge in [-0.25, -0.2) is 9.67 Å². The van der Waals surface area contributed by atoms with E-state index in [1.54, 1.807) is 10.9 Å². The molecule has 2 aromatic heterocycles. The van der Waals surface area contributed by atoms with E-state index in [9.17, 15) is 13.2 Å². The van der Waals surface area contributed by atoms with Gasteiger partial charge in [0.15, 0.2) is 5.13 Å². The van der Waals surface area contributed by atoms with Crippen molar-refractivity contribution in [1.29, 1.82) is 0 Å². The van der Waals surface area contributed by atoms with Crippen molar-refractivity contribution in [3.63, 3.8) is 0 Å². The zero-order valence-corrected chi connectivity index (χ0v) is 12.0. The van der Waals surface area contributed by atoms with E-state index in [1.165, 1.54) is 0 Å². The molecule has 0 amide bonds. The number of anilines is 1. The Bertz CT molecular complexity index is 732. The fourth-order valence-corrected chi connectivity index (χ4v) is 2.53. The minimum absolute atomic E-state index is 0.253. The molecule has 1 N–H and O–H groups in total. The number of thiazole rings is 1. The molecule has 22 heavy (non-hydrogen) atoms. The third kappa shape index (κ3) is 3.28. The molecule has 0 aliphatic carbocycles. The van der Waals surface area contributed by atoms with Gasteiger partial charge in [0.2, 0.25) is 0 Å². The molecule has 0 spiro atoms. The highest BCUT2D eigenvalue weighted by molar-refractivity contribution is 7.15. The molecule has 0 radical (unpaired) electrons. The highest BCUT2D eigenvalue weighted by atomic mass is 32.1. The number of nitrogens with one attached hydrogen (secondary N) is 1. The van der Waals surface area contributed by atoms with Crippen molar-refractivity contribution in [3.05, 3.63) is 59.4 Å². The van der Waals surface area contributed by atoms with E-state index in [2.05, 4.69) is 15.4 Å². The molecule has 0 aliphatic rings. The molecule has 3 rings (SSSR count). The van der Waals surface area contributed by atoms with Crippen molar-refractivity contribution in [3.8, 4) is 5.69 Å². The maximum Gasteiger partial charge on any atom is 0.427 e. The number of benzene rings is 1. The van der Waals surface area contributed by atoms with Gasteiger partial charge in [-0.3, -0.25) is 0 Å². The summed E-state index contributed by atoms with van der Waals surface area (Å²) in [6.45, 7) is 0.407. The first-order valence-corrected chi connectivity index (χ1v) is 7.20. The van der Waals surface area contributed by atoms with Crippen molar-refractivity contribution in [2.45, 2.75) is 12.7 Å². The van der Waals surface area contributed by atoms with Crippen LogP contribution in [0.15, 0.2) is 48.9 Å². The standard InChI is InChI=1S/C14H11F3N4S/c15-14(16,17)12-9-19-13(22-12)18-8-10-2-4-11(5-3-10)21-7-1-6-20-21/h1-7,9H,8H2,(H,18,19). The summed E-state index contributed by atoms with van der Waals surface area (Å²) in [4.78, 5) is 3.02. The van der Waals surface area contributed by atoms with E-state index in [0.29, 0.717) is 17.9 Å². The number of hydrogen-bond acceptors (Lipinski definition) is 4. The molecular weight excluding hydrogens is 313 g/mol. The second-order valence-corrected chi connectivity index (χ2v) is 5.53. The number of halogens is 3. The maximum absolute atomic E-state index is 12.5. The Morgan fingerprint density at radius 3 is 2.55 bits per heavy atom. The third-order valence-corrected chi connectivity index (χ3v) is 3.93. The smallest absolute Gasteiger partial charge is 0.357 e. The van der Waals surface area contributed by atoms with Crippen LogP contribution in [0.5, 0.6) is 0 Å². The fraction of sp³-hybridized carbons (Fsp3) is 0.143. The molecule has 0 bridgehead atoms. The van der Waals surface area contributed by atoms with Crippen molar-refractivity contribution in [1.82, 2.24) is 14.8 Å². The molecule has 0 saturated heterocycles. The number of hydrogen-bond donors (Lipinski definition) is 1. The lowest BCUT2D eigenvalue weighted by atomic mass is 10.2. The summed E-state index contributed by atoms with van der Waals surface area (Å²) in [6, 6.07) is 9.40. The average Bonchev–Trinajstić information content (AvgIpc) is 3.16. The van der Waals surface area contributed by atoms with Crippen LogP contribution in [-0.2, 0) is 12.7 Å². The summed E-state index contributed by atoms with van der Waals surface area (Å²) in [5, 5.41) is 7.27. The normalized spacial score (nSPS) is 11.6. The summed E-state index contributed by atoms with van der Waals surface area (Å²) in [5.41, 5.74) is 1.86. The Hall–Kier alpha value is -2.35. The Kier molecular flexibility index (Phi) is 3.84. The van der Waals surface area contributed by atoms with Crippen LogP contribution in [0, 0.1) is 0 Å². The minimum atomic E-state index is -4.34. The second kappa shape index (κ2) is 5.80. The van der Waals surface area contributed by atoms with Crippen LogP contribution in [-0.4, -0.2) is 14.8 Å². The quantitative estimate of drug-likeness (QED) is 0.790. The van der Waals surface area contributed by atoms with E-state index in [4.69, 9.17) is 0 Å². The van der Waals surface area contributed by atoms with Gasteiger partial charge in [-0.2, -0.15) is 18.3 Å². The van der Waals surface area contributed by atoms with Crippen LogP contribution in [0.4, 0.5) is 18.3 Å². The van der Waals surface area contributed by atoms with Crippen LogP contribution in [0.3, 0.4) is 0 Å². The Balaban J connectivity index is 1.63. The van der Waals surface area contributed by atoms with Crippen molar-refractivity contribution < 1.29 is 13.2 Å². The minimum Gasteiger partial charge on any atom is -0.357 e. The van der Waals surface area contributed by atoms with E-state index in [0.717, 1.165) is 17.4 Å². The largest absolute Gasteiger partial charge is 0.427 e. The lowest BCUT2D eigenvalue weighted by molar-refractivity contribution is -0.134. The fourth-order valence-electron chi connectivity index (χ4n) is 1.85. The van der Waals surface area contributed by atoms with Crippen LogP contribution in [0.25, 0.3) is 5.69 Å². The van der Waals surface area contributed by atoms with E-state index in [-0.39, 0.29) is 5.13 Å². The zero-order valence-electron chi connectivity index (χ0n) is 11.2. The predicted molar refractivity (Wildman–Crippen MR) is 78.0 cm³/mol. The van der Waals surface area contributed by atoms with Gasteiger partial charge in [-0.1, -0.05) is 23.5 Å². The monoisotopic (exact) mass is 324 g/mol. The SMILES string of the molecule is FC(F)(F)c1cnc(NCc2ccc(-n3cccn3)cc2)s1. The zero-order chi connectivity index (χ0) is 15.6. The Morgan fingerprint density at radius 1 is 1.18 bits per heavy atom. The maximum atomic E-state index is 12.5. The van der Waals surface area contributed by atoms with Crippen LogP contribution >= 0.6 is 11.3 Å². The van der Waals surface area contributed by atoms with Crippen LogP contribution in [0.1, 0.15) is 10.4 Å². The molecule has 0 saturated carbocycles. The summed E-state index contributed by atoms with van der Waals surface area (Å²) in [6.07, 6.45) is 0.0223. The summed E-state index contributed by atoms with van der Waals surface area (Å²) in [5.74, 6) is 0. The molecule has 3 aromatic rings. The second-order valence-electron chi connectivity index (χ2n) is 4.50. The lowest BCUT2D eigenvalue weighted by Crippen LogP contribution is -2.01. The Morgan fingerprint density at radius 2 is 1.95 bits per heavy atom. The molecule has 0 unspecified atom stereocenters. The van der Waals surface area contributed by atoms with Crippen LogP contribution < -0.4 is 5.32 Å². The lowest BCUT2D eigenvalue weighted by Gasteiger charge is -2.05. The van der Waals surface area contributed by atoms with E-state index < -0.39 is 11.1 Å². The number of rotatable bonds is 4. The van der Waals surface area contributed by atoms with Gasteiger partial charge in [-0.15, -0.1) is 0 Å². The molecule has 2 heterocycles.